The van der Waals surface area contributed by atoms with Crippen molar-refractivity contribution in [2.24, 2.45) is 0 Å². The van der Waals surface area contributed by atoms with Crippen LogP contribution in [0.25, 0.3) is 0 Å². The molecule has 1 fully saturated rings. The molecule has 1 atom stereocenters. The monoisotopic (exact) mass is 229 g/mol. The summed E-state index contributed by atoms with van der Waals surface area (Å²) in [4.78, 5) is 1.68. The molecule has 1 heterocycles. The second-order valence-corrected chi connectivity index (χ2v) is 4.55. The average molecular weight is 229 g/mol. The topological polar surface area (TPSA) is 23.5 Å². The zero-order valence-electron chi connectivity index (χ0n) is 7.76. The van der Waals surface area contributed by atoms with Crippen molar-refractivity contribution < 1.29 is 18.3 Å². The molecule has 0 aromatic heterocycles. The summed E-state index contributed by atoms with van der Waals surface area (Å²) in [5, 5.41) is 8.86. The third kappa shape index (κ3) is 4.06. The van der Waals surface area contributed by atoms with Gasteiger partial charge in [0.2, 0.25) is 0 Å². The maximum absolute atomic E-state index is 12.0. The Balaban J connectivity index is 2.34. The number of hydrogen-bond acceptors (Lipinski definition) is 3. The predicted octanol–water partition coefficient (Wildman–Crippen LogP) is 1.35. The summed E-state index contributed by atoms with van der Waals surface area (Å²) in [6.45, 7) is 1.00. The first-order chi connectivity index (χ1) is 6.50. The fraction of sp³-hybridized carbons (Fsp3) is 1.00. The van der Waals surface area contributed by atoms with E-state index in [1.165, 1.54) is 0 Å². The van der Waals surface area contributed by atoms with Crippen molar-refractivity contribution in [2.75, 3.05) is 31.1 Å². The molecule has 1 N–H and O–H groups in total. The van der Waals surface area contributed by atoms with Crippen LogP contribution in [0.15, 0.2) is 0 Å². The highest BCUT2D eigenvalue weighted by atomic mass is 32.2. The molecule has 0 aromatic carbocycles. The van der Waals surface area contributed by atoms with Crippen LogP contribution in [-0.2, 0) is 0 Å². The zero-order valence-corrected chi connectivity index (χ0v) is 8.57. The van der Waals surface area contributed by atoms with Crippen LogP contribution in [0.4, 0.5) is 13.2 Å². The van der Waals surface area contributed by atoms with Crippen molar-refractivity contribution in [3.05, 3.63) is 0 Å². The van der Waals surface area contributed by atoms with Crippen LogP contribution in [0.3, 0.4) is 0 Å². The van der Waals surface area contributed by atoms with Gasteiger partial charge in [0.15, 0.2) is 6.10 Å². The molecule has 0 bridgehead atoms. The number of nitrogens with zero attached hydrogens (tertiary/aromatic N) is 1. The fourth-order valence-corrected chi connectivity index (χ4v) is 2.25. The number of rotatable bonds is 2. The molecule has 0 saturated carbocycles. The lowest BCUT2D eigenvalue weighted by atomic mass is 10.3. The Hall–Kier alpha value is 0.0600. The Kier molecular flexibility index (Phi) is 4.53. The lowest BCUT2D eigenvalue weighted by Crippen LogP contribution is -2.41. The third-order valence-corrected chi connectivity index (χ3v) is 3.17. The molecular weight excluding hydrogens is 215 g/mol. The molecule has 1 aliphatic rings. The van der Waals surface area contributed by atoms with Gasteiger partial charge < -0.3 is 5.11 Å². The molecule has 14 heavy (non-hydrogen) atoms. The van der Waals surface area contributed by atoms with E-state index in [0.29, 0.717) is 13.1 Å². The van der Waals surface area contributed by atoms with Crippen molar-refractivity contribution in [1.82, 2.24) is 4.90 Å². The van der Waals surface area contributed by atoms with Crippen LogP contribution >= 0.6 is 11.8 Å². The van der Waals surface area contributed by atoms with E-state index in [1.807, 2.05) is 0 Å². The van der Waals surface area contributed by atoms with Crippen molar-refractivity contribution >= 4 is 11.8 Å². The van der Waals surface area contributed by atoms with E-state index in [9.17, 15) is 13.2 Å². The standard InChI is InChI=1S/C8H14F3NOS/c9-8(10,11)7(13)6-12-2-1-4-14-5-3-12/h7,13H,1-6H2/t7-/m0/s1. The van der Waals surface area contributed by atoms with Gasteiger partial charge in [-0.3, -0.25) is 4.90 Å². The van der Waals surface area contributed by atoms with Gasteiger partial charge >= 0.3 is 6.18 Å². The summed E-state index contributed by atoms with van der Waals surface area (Å²) in [5.74, 6) is 1.85. The summed E-state index contributed by atoms with van der Waals surface area (Å²) in [6.07, 6.45) is -5.79. The number of alkyl halides is 3. The molecule has 0 unspecified atom stereocenters. The largest absolute Gasteiger partial charge is 0.415 e. The first-order valence-corrected chi connectivity index (χ1v) is 5.70. The molecular formula is C8H14F3NOS. The summed E-state index contributed by atoms with van der Waals surface area (Å²) in [6, 6.07) is 0. The molecule has 0 radical (unpaired) electrons. The highest BCUT2D eigenvalue weighted by molar-refractivity contribution is 7.99. The van der Waals surface area contributed by atoms with Gasteiger partial charge in [0, 0.05) is 18.8 Å². The molecule has 0 aromatic rings. The Morgan fingerprint density at radius 2 is 2.00 bits per heavy atom. The molecule has 2 nitrogen and oxygen atoms in total. The van der Waals surface area contributed by atoms with Gasteiger partial charge in [-0.05, 0) is 18.7 Å². The molecule has 6 heteroatoms. The van der Waals surface area contributed by atoms with Crippen molar-refractivity contribution in [2.45, 2.75) is 18.7 Å². The van der Waals surface area contributed by atoms with E-state index in [1.54, 1.807) is 16.7 Å². The molecule has 0 aliphatic carbocycles. The average Bonchev–Trinajstić information content (AvgIpc) is 2.31. The number of aliphatic hydroxyl groups is 1. The summed E-state index contributed by atoms with van der Waals surface area (Å²) in [7, 11) is 0. The second kappa shape index (κ2) is 5.23. The minimum Gasteiger partial charge on any atom is -0.382 e. The van der Waals surface area contributed by atoms with Crippen LogP contribution in [0, 0.1) is 0 Å². The van der Waals surface area contributed by atoms with Gasteiger partial charge in [-0.25, -0.2) is 0 Å². The SMILES string of the molecule is O[C@@H](CN1CCCSCC1)C(F)(F)F. The number of β-amino-alcohol motifs (C(OH)–C–C–N with tert-alkyl or cyclic N) is 1. The normalized spacial score (nSPS) is 23.1. The van der Waals surface area contributed by atoms with Crippen LogP contribution in [0.2, 0.25) is 0 Å². The van der Waals surface area contributed by atoms with Crippen LogP contribution in [0.5, 0.6) is 0 Å². The Labute approximate surface area is 85.5 Å². The van der Waals surface area contributed by atoms with Crippen LogP contribution < -0.4 is 0 Å². The van der Waals surface area contributed by atoms with E-state index in [4.69, 9.17) is 5.11 Å². The van der Waals surface area contributed by atoms with Gasteiger partial charge in [0.05, 0.1) is 0 Å². The number of aliphatic hydroxyl groups excluding tert-OH is 1. The summed E-state index contributed by atoms with van der Waals surface area (Å²) >= 11 is 1.75. The van der Waals surface area contributed by atoms with Gasteiger partial charge in [-0.2, -0.15) is 24.9 Å². The third-order valence-electron chi connectivity index (χ3n) is 2.12. The second-order valence-electron chi connectivity index (χ2n) is 3.32. The minimum atomic E-state index is -4.49. The number of hydrogen-bond donors (Lipinski definition) is 1. The van der Waals surface area contributed by atoms with E-state index < -0.39 is 12.3 Å². The van der Waals surface area contributed by atoms with E-state index in [-0.39, 0.29) is 6.54 Å². The number of halogens is 3. The summed E-state index contributed by atoms with van der Waals surface area (Å²) in [5.41, 5.74) is 0. The van der Waals surface area contributed by atoms with Gasteiger partial charge in [0.1, 0.15) is 0 Å². The Morgan fingerprint density at radius 3 is 2.64 bits per heavy atom. The first-order valence-electron chi connectivity index (χ1n) is 4.55. The zero-order chi connectivity index (χ0) is 10.6. The predicted molar refractivity (Wildman–Crippen MR) is 50.4 cm³/mol. The van der Waals surface area contributed by atoms with E-state index in [0.717, 1.165) is 17.9 Å². The maximum Gasteiger partial charge on any atom is 0.415 e. The van der Waals surface area contributed by atoms with Crippen molar-refractivity contribution in [3.8, 4) is 0 Å². The molecule has 84 valence electrons. The van der Waals surface area contributed by atoms with E-state index >= 15 is 0 Å². The molecule has 1 rings (SSSR count). The molecule has 0 amide bonds. The van der Waals surface area contributed by atoms with Gasteiger partial charge in [0.25, 0.3) is 0 Å². The summed E-state index contributed by atoms with van der Waals surface area (Å²) < 4.78 is 36.1. The molecule has 1 aliphatic heterocycles. The lowest BCUT2D eigenvalue weighted by Gasteiger charge is -2.24. The molecule has 0 spiro atoms. The van der Waals surface area contributed by atoms with E-state index in [2.05, 4.69) is 0 Å². The van der Waals surface area contributed by atoms with Gasteiger partial charge in [-0.1, -0.05) is 0 Å². The number of thioether (sulfide) groups is 1. The maximum atomic E-state index is 12.0. The first kappa shape index (κ1) is 12.1. The quantitative estimate of drug-likeness (QED) is 0.773. The van der Waals surface area contributed by atoms with Crippen molar-refractivity contribution in [3.63, 3.8) is 0 Å². The lowest BCUT2D eigenvalue weighted by molar-refractivity contribution is -0.207. The highest BCUT2D eigenvalue weighted by Crippen LogP contribution is 2.21. The minimum absolute atomic E-state index is 0.288. The van der Waals surface area contributed by atoms with Crippen LogP contribution in [0.1, 0.15) is 6.42 Å². The smallest absolute Gasteiger partial charge is 0.382 e. The van der Waals surface area contributed by atoms with Crippen molar-refractivity contribution in [1.29, 1.82) is 0 Å². The van der Waals surface area contributed by atoms with Crippen LogP contribution in [-0.4, -0.2) is 53.4 Å². The Bertz CT molecular complexity index is 168. The molecule has 1 saturated heterocycles. The highest BCUT2D eigenvalue weighted by Gasteiger charge is 2.39. The fourth-order valence-electron chi connectivity index (χ4n) is 1.33. The Morgan fingerprint density at radius 1 is 1.29 bits per heavy atom. The van der Waals surface area contributed by atoms with Gasteiger partial charge in [-0.15, -0.1) is 0 Å².